The summed E-state index contributed by atoms with van der Waals surface area (Å²) in [5.41, 5.74) is 3.14. The Balaban J connectivity index is 1.81. The molecule has 5 nitrogen and oxygen atoms in total. The molecule has 0 amide bonds. The van der Waals surface area contributed by atoms with Gasteiger partial charge in [-0.25, -0.2) is 4.68 Å². The van der Waals surface area contributed by atoms with Crippen molar-refractivity contribution >= 4 is 0 Å². The summed E-state index contributed by atoms with van der Waals surface area (Å²) in [6.45, 7) is 3.65. The summed E-state index contributed by atoms with van der Waals surface area (Å²) in [4.78, 5) is 2.35. The van der Waals surface area contributed by atoms with Crippen molar-refractivity contribution in [3.05, 3.63) is 47.2 Å². The Hall–Kier alpha value is -1.85. The maximum Gasteiger partial charge on any atom is 0.216 e. The number of methoxy groups -OCH3 is 1. The minimum Gasteiger partial charge on any atom is -0.481 e. The lowest BCUT2D eigenvalue weighted by Gasteiger charge is -2.27. The fourth-order valence-electron chi connectivity index (χ4n) is 3.65. The molecule has 0 bridgehead atoms. The van der Waals surface area contributed by atoms with Crippen LogP contribution >= 0.6 is 0 Å². The van der Waals surface area contributed by atoms with Crippen LogP contribution in [-0.4, -0.2) is 40.0 Å². The molecule has 0 saturated carbocycles. The molecule has 1 aliphatic rings. The third-order valence-electron chi connectivity index (χ3n) is 4.70. The summed E-state index contributed by atoms with van der Waals surface area (Å²) in [6.07, 6.45) is 1.73. The first-order chi connectivity index (χ1) is 11.1. The number of benzene rings is 1. The van der Waals surface area contributed by atoms with Crippen LogP contribution < -0.4 is 4.74 Å². The number of aryl methyl sites for hydroxylation is 2. The second kappa shape index (κ2) is 6.72. The normalized spacial score (nSPS) is 19.9. The predicted octanol–water partition coefficient (Wildman–Crippen LogP) is 2.61. The van der Waals surface area contributed by atoms with E-state index in [1.807, 2.05) is 44.3 Å². The Morgan fingerprint density at radius 2 is 2.09 bits per heavy atom. The Kier molecular flexibility index (Phi) is 4.68. The van der Waals surface area contributed by atoms with Crippen LogP contribution in [0, 0.1) is 6.92 Å². The Morgan fingerprint density at radius 1 is 1.35 bits per heavy atom. The van der Waals surface area contributed by atoms with Crippen molar-refractivity contribution in [2.45, 2.75) is 31.9 Å². The largest absolute Gasteiger partial charge is 0.481 e. The van der Waals surface area contributed by atoms with Crippen LogP contribution in [0.5, 0.6) is 5.88 Å². The second-order valence-corrected chi connectivity index (χ2v) is 6.21. The van der Waals surface area contributed by atoms with E-state index in [4.69, 9.17) is 4.74 Å². The van der Waals surface area contributed by atoms with Gasteiger partial charge < -0.3 is 9.84 Å². The number of aliphatic hydroxyl groups is 1. The average molecular weight is 315 g/mol. The van der Waals surface area contributed by atoms with Gasteiger partial charge in [0.2, 0.25) is 5.88 Å². The summed E-state index contributed by atoms with van der Waals surface area (Å²) in [5.74, 6) is 0.827. The summed E-state index contributed by atoms with van der Waals surface area (Å²) in [6, 6.07) is 10.1. The standard InChI is InChI=1S/C18H25N3O2/c1-13-17(18(23-3)20(2)19-13)15-10-7-11-21(15)12-16(22)14-8-5-4-6-9-14/h4-6,8-9,15-16,22H,7,10-12H2,1-3H3/t15-,16+/m1/s1. The molecule has 3 rings (SSSR count). The van der Waals surface area contributed by atoms with Crippen LogP contribution in [0.2, 0.25) is 0 Å². The van der Waals surface area contributed by atoms with E-state index in [9.17, 15) is 5.11 Å². The zero-order valence-corrected chi connectivity index (χ0v) is 14.1. The molecular weight excluding hydrogens is 290 g/mol. The molecule has 2 heterocycles. The van der Waals surface area contributed by atoms with E-state index in [0.29, 0.717) is 6.54 Å². The molecule has 124 valence electrons. The minimum atomic E-state index is -0.472. The van der Waals surface area contributed by atoms with E-state index in [2.05, 4.69) is 10.00 Å². The molecule has 1 fully saturated rings. The molecular formula is C18H25N3O2. The number of hydrogen-bond donors (Lipinski definition) is 1. The van der Waals surface area contributed by atoms with E-state index in [0.717, 1.165) is 42.1 Å². The van der Waals surface area contributed by atoms with E-state index < -0.39 is 6.10 Å². The van der Waals surface area contributed by atoms with Crippen molar-refractivity contribution in [1.29, 1.82) is 0 Å². The van der Waals surface area contributed by atoms with Gasteiger partial charge in [0.25, 0.3) is 0 Å². The highest BCUT2D eigenvalue weighted by Crippen LogP contribution is 2.39. The van der Waals surface area contributed by atoms with Gasteiger partial charge in [-0.1, -0.05) is 30.3 Å². The van der Waals surface area contributed by atoms with Gasteiger partial charge in [0.15, 0.2) is 0 Å². The zero-order chi connectivity index (χ0) is 16.4. The summed E-state index contributed by atoms with van der Waals surface area (Å²) >= 11 is 0. The monoisotopic (exact) mass is 315 g/mol. The fourth-order valence-corrected chi connectivity index (χ4v) is 3.65. The van der Waals surface area contributed by atoms with Crippen molar-refractivity contribution < 1.29 is 9.84 Å². The maximum atomic E-state index is 10.6. The van der Waals surface area contributed by atoms with Gasteiger partial charge >= 0.3 is 0 Å². The van der Waals surface area contributed by atoms with Gasteiger partial charge in [-0.15, -0.1) is 0 Å². The molecule has 1 aromatic heterocycles. The number of aliphatic hydroxyl groups excluding tert-OH is 1. The third-order valence-corrected chi connectivity index (χ3v) is 4.70. The number of β-amino-alcohol motifs (C(OH)–C–C–N with tert-alkyl or cyclic N) is 1. The topological polar surface area (TPSA) is 50.5 Å². The lowest BCUT2D eigenvalue weighted by atomic mass is 10.0. The van der Waals surface area contributed by atoms with Crippen molar-refractivity contribution in [3.8, 4) is 5.88 Å². The maximum absolute atomic E-state index is 10.6. The Morgan fingerprint density at radius 3 is 2.78 bits per heavy atom. The second-order valence-electron chi connectivity index (χ2n) is 6.21. The van der Waals surface area contributed by atoms with Gasteiger partial charge in [-0.05, 0) is 31.9 Å². The lowest BCUT2D eigenvalue weighted by Crippen LogP contribution is -2.28. The lowest BCUT2D eigenvalue weighted by molar-refractivity contribution is 0.105. The van der Waals surface area contributed by atoms with Crippen molar-refractivity contribution in [3.63, 3.8) is 0 Å². The van der Waals surface area contributed by atoms with Crippen molar-refractivity contribution in [1.82, 2.24) is 14.7 Å². The van der Waals surface area contributed by atoms with Crippen LogP contribution in [0.4, 0.5) is 0 Å². The number of nitrogens with zero attached hydrogens (tertiary/aromatic N) is 3. The molecule has 0 unspecified atom stereocenters. The third kappa shape index (κ3) is 3.12. The van der Waals surface area contributed by atoms with Crippen LogP contribution in [0.1, 0.15) is 41.8 Å². The van der Waals surface area contributed by atoms with Crippen molar-refractivity contribution in [2.24, 2.45) is 7.05 Å². The van der Waals surface area contributed by atoms with E-state index in [1.54, 1.807) is 11.8 Å². The van der Waals surface area contributed by atoms with Gasteiger partial charge in [-0.2, -0.15) is 5.10 Å². The molecule has 5 heteroatoms. The first kappa shape index (κ1) is 16.0. The zero-order valence-electron chi connectivity index (χ0n) is 14.1. The number of likely N-dealkylation sites (tertiary alicyclic amines) is 1. The van der Waals surface area contributed by atoms with Crippen LogP contribution in [0.3, 0.4) is 0 Å². The average Bonchev–Trinajstić information content (AvgIpc) is 3.11. The Bertz CT molecular complexity index is 654. The predicted molar refractivity (Wildman–Crippen MR) is 89.4 cm³/mol. The fraction of sp³-hybridized carbons (Fsp3) is 0.500. The van der Waals surface area contributed by atoms with Crippen LogP contribution in [0.25, 0.3) is 0 Å². The highest BCUT2D eigenvalue weighted by Gasteiger charge is 2.33. The molecule has 0 radical (unpaired) electrons. The van der Waals surface area contributed by atoms with Gasteiger partial charge in [0.1, 0.15) is 0 Å². The molecule has 0 aliphatic carbocycles. The van der Waals surface area contributed by atoms with Crippen LogP contribution in [0.15, 0.2) is 30.3 Å². The number of rotatable bonds is 5. The molecule has 0 spiro atoms. The molecule has 1 N–H and O–H groups in total. The van der Waals surface area contributed by atoms with Gasteiger partial charge in [-0.3, -0.25) is 4.90 Å². The molecule has 2 aromatic rings. The molecule has 1 aliphatic heterocycles. The molecule has 2 atom stereocenters. The van der Waals surface area contributed by atoms with Crippen molar-refractivity contribution in [2.75, 3.05) is 20.2 Å². The number of hydrogen-bond acceptors (Lipinski definition) is 4. The SMILES string of the molecule is COc1c([C@H]2CCCN2C[C@H](O)c2ccccc2)c(C)nn1C. The van der Waals surface area contributed by atoms with E-state index >= 15 is 0 Å². The van der Waals surface area contributed by atoms with E-state index in [-0.39, 0.29) is 6.04 Å². The number of aromatic nitrogens is 2. The number of ether oxygens (including phenoxy) is 1. The van der Waals surface area contributed by atoms with Crippen LogP contribution in [-0.2, 0) is 7.05 Å². The first-order valence-corrected chi connectivity index (χ1v) is 8.16. The summed E-state index contributed by atoms with van der Waals surface area (Å²) in [7, 11) is 3.60. The molecule has 1 saturated heterocycles. The Labute approximate surface area is 137 Å². The molecule has 23 heavy (non-hydrogen) atoms. The summed E-state index contributed by atoms with van der Waals surface area (Å²) in [5, 5.41) is 15.1. The van der Waals surface area contributed by atoms with Gasteiger partial charge in [0.05, 0.1) is 24.5 Å². The van der Waals surface area contributed by atoms with Gasteiger partial charge in [0, 0.05) is 19.6 Å². The highest BCUT2D eigenvalue weighted by atomic mass is 16.5. The highest BCUT2D eigenvalue weighted by molar-refractivity contribution is 5.35. The quantitative estimate of drug-likeness (QED) is 0.921. The van der Waals surface area contributed by atoms with E-state index in [1.165, 1.54) is 0 Å². The first-order valence-electron chi connectivity index (χ1n) is 8.16. The summed E-state index contributed by atoms with van der Waals surface area (Å²) < 4.78 is 7.36. The molecule has 1 aromatic carbocycles. The minimum absolute atomic E-state index is 0.261. The smallest absolute Gasteiger partial charge is 0.216 e.